The number of benzene rings is 1. The van der Waals surface area contributed by atoms with Crippen LogP contribution in [0, 0.1) is 11.3 Å². The lowest BCUT2D eigenvalue weighted by molar-refractivity contribution is 0.210. The van der Waals surface area contributed by atoms with Crippen molar-refractivity contribution in [3.8, 4) is 27.9 Å². The molecule has 3 rings (SSSR count). The summed E-state index contributed by atoms with van der Waals surface area (Å²) < 4.78 is 8.05. The lowest BCUT2D eigenvalue weighted by Gasteiger charge is -2.11. The molecule has 0 spiro atoms. The molecular formula is C19H24N6OS. The van der Waals surface area contributed by atoms with Crippen LogP contribution < -0.4 is 11.1 Å². The molecule has 4 N–H and O–H groups in total. The molecule has 0 saturated heterocycles. The Balaban J connectivity index is 0.000000596. The van der Waals surface area contributed by atoms with Crippen molar-refractivity contribution in [2.75, 3.05) is 25.6 Å². The SMILES string of the molecule is CC(C)N.COCCNc1nc(-c2c[nH]s2)cc(-c2ccccc2C#N)n1. The number of anilines is 1. The van der Waals surface area contributed by atoms with Gasteiger partial charge in [-0.15, -0.1) is 0 Å². The molecule has 0 aliphatic heterocycles. The van der Waals surface area contributed by atoms with E-state index in [4.69, 9.17) is 10.5 Å². The standard InChI is InChI=1S/C16H15N5OS.C3H9N/c1-22-7-6-18-16-20-13(8-14(21-16)15-10-19-23-15)12-5-3-2-4-11(12)9-17;1-3(2)4/h2-5,8,10,19H,6-7H2,1H3,(H,18,20,21);3H,4H2,1-2H3. The summed E-state index contributed by atoms with van der Waals surface area (Å²) in [6, 6.07) is 11.9. The molecule has 0 saturated carbocycles. The molecule has 0 fully saturated rings. The third-order valence-electron chi connectivity index (χ3n) is 3.25. The molecule has 0 unspecified atom stereocenters. The largest absolute Gasteiger partial charge is 0.383 e. The van der Waals surface area contributed by atoms with E-state index in [9.17, 15) is 5.26 Å². The summed E-state index contributed by atoms with van der Waals surface area (Å²) in [4.78, 5) is 10.1. The van der Waals surface area contributed by atoms with Gasteiger partial charge in [0.05, 0.1) is 34.5 Å². The molecule has 0 aliphatic rings. The number of hydrogen-bond acceptors (Lipinski definition) is 7. The Morgan fingerprint density at radius 2 is 1.96 bits per heavy atom. The first kappa shape index (κ1) is 20.6. The number of aromatic nitrogens is 3. The maximum atomic E-state index is 9.31. The van der Waals surface area contributed by atoms with E-state index in [1.54, 1.807) is 13.2 Å². The molecule has 8 heteroatoms. The van der Waals surface area contributed by atoms with Crippen molar-refractivity contribution in [3.05, 3.63) is 42.1 Å². The molecule has 0 aliphatic carbocycles. The van der Waals surface area contributed by atoms with Crippen LogP contribution in [-0.2, 0) is 4.74 Å². The van der Waals surface area contributed by atoms with Gasteiger partial charge in [-0.3, -0.25) is 0 Å². The number of aromatic amines is 1. The van der Waals surface area contributed by atoms with E-state index < -0.39 is 0 Å². The molecule has 27 heavy (non-hydrogen) atoms. The number of methoxy groups -OCH3 is 1. The number of ether oxygens (including phenoxy) is 1. The summed E-state index contributed by atoms with van der Waals surface area (Å²) in [5, 5.41) is 12.5. The summed E-state index contributed by atoms with van der Waals surface area (Å²) >= 11 is 1.51. The Labute approximate surface area is 163 Å². The second-order valence-electron chi connectivity index (χ2n) is 6.01. The molecular weight excluding hydrogens is 360 g/mol. The Kier molecular flexibility index (Phi) is 7.95. The van der Waals surface area contributed by atoms with E-state index in [-0.39, 0.29) is 0 Å². The fourth-order valence-electron chi connectivity index (χ4n) is 2.10. The van der Waals surface area contributed by atoms with Gasteiger partial charge in [0.1, 0.15) is 0 Å². The van der Waals surface area contributed by atoms with Crippen molar-refractivity contribution in [2.45, 2.75) is 19.9 Å². The van der Waals surface area contributed by atoms with Crippen molar-refractivity contribution in [1.29, 1.82) is 5.26 Å². The first-order valence-corrected chi connectivity index (χ1v) is 9.36. The number of H-pyrrole nitrogens is 1. The predicted molar refractivity (Wildman–Crippen MR) is 110 cm³/mol. The van der Waals surface area contributed by atoms with Gasteiger partial charge in [-0.05, 0) is 18.2 Å². The molecule has 1 aromatic carbocycles. The van der Waals surface area contributed by atoms with Crippen molar-refractivity contribution >= 4 is 17.5 Å². The minimum absolute atomic E-state index is 0.333. The number of nitrogens with two attached hydrogens (primary N) is 1. The van der Waals surface area contributed by atoms with E-state index in [0.717, 1.165) is 21.8 Å². The van der Waals surface area contributed by atoms with Crippen LogP contribution >= 0.6 is 11.5 Å². The molecule has 0 bridgehead atoms. The Bertz CT molecular complexity index is 868. The highest BCUT2D eigenvalue weighted by atomic mass is 32.1. The first-order chi connectivity index (χ1) is 13.0. The van der Waals surface area contributed by atoms with Crippen LogP contribution in [0.2, 0.25) is 0 Å². The van der Waals surface area contributed by atoms with E-state index >= 15 is 0 Å². The monoisotopic (exact) mass is 384 g/mol. The molecule has 142 valence electrons. The van der Waals surface area contributed by atoms with Gasteiger partial charge in [-0.2, -0.15) is 5.26 Å². The van der Waals surface area contributed by atoms with Crippen LogP contribution in [0.3, 0.4) is 0 Å². The van der Waals surface area contributed by atoms with Gasteiger partial charge in [-0.1, -0.05) is 43.6 Å². The van der Waals surface area contributed by atoms with Crippen molar-refractivity contribution < 1.29 is 4.74 Å². The molecule has 0 atom stereocenters. The lowest BCUT2D eigenvalue weighted by Crippen LogP contribution is -2.11. The number of nitrogens with zero attached hydrogens (tertiary/aromatic N) is 3. The molecule has 3 aromatic rings. The topological polar surface area (TPSA) is 113 Å². The van der Waals surface area contributed by atoms with Crippen LogP contribution in [0.25, 0.3) is 21.8 Å². The second-order valence-corrected chi connectivity index (χ2v) is 6.89. The highest BCUT2D eigenvalue weighted by Gasteiger charge is 2.12. The van der Waals surface area contributed by atoms with Crippen LogP contribution in [-0.4, -0.2) is 40.6 Å². The van der Waals surface area contributed by atoms with Crippen LogP contribution in [0.15, 0.2) is 36.5 Å². The minimum atomic E-state index is 0.333. The van der Waals surface area contributed by atoms with Crippen molar-refractivity contribution in [3.63, 3.8) is 0 Å². The third-order valence-corrected chi connectivity index (χ3v) is 4.03. The summed E-state index contributed by atoms with van der Waals surface area (Å²) in [5.41, 5.74) is 8.05. The van der Waals surface area contributed by atoms with E-state index in [1.165, 1.54) is 11.5 Å². The van der Waals surface area contributed by atoms with Gasteiger partial charge in [-0.25, -0.2) is 9.97 Å². The summed E-state index contributed by atoms with van der Waals surface area (Å²) in [5.74, 6) is 0.524. The minimum Gasteiger partial charge on any atom is -0.383 e. The Morgan fingerprint density at radius 3 is 2.56 bits per heavy atom. The summed E-state index contributed by atoms with van der Waals surface area (Å²) in [6.07, 6.45) is 1.89. The van der Waals surface area contributed by atoms with Gasteiger partial charge in [0.15, 0.2) is 0 Å². The average molecular weight is 385 g/mol. The van der Waals surface area contributed by atoms with Crippen LogP contribution in [0.1, 0.15) is 19.4 Å². The third kappa shape index (κ3) is 6.18. The zero-order chi connectivity index (χ0) is 19.6. The smallest absolute Gasteiger partial charge is 0.223 e. The summed E-state index contributed by atoms with van der Waals surface area (Å²) in [7, 11) is 1.65. The van der Waals surface area contributed by atoms with Gasteiger partial charge in [0.25, 0.3) is 0 Å². The predicted octanol–water partition coefficient (Wildman–Crippen LogP) is 3.48. The normalized spacial score (nSPS) is 10.2. The zero-order valence-electron chi connectivity index (χ0n) is 15.7. The fraction of sp³-hybridized carbons (Fsp3) is 0.316. The van der Waals surface area contributed by atoms with Gasteiger partial charge in [0, 0.05) is 25.4 Å². The molecule has 2 heterocycles. The zero-order valence-corrected chi connectivity index (χ0v) is 16.5. The maximum absolute atomic E-state index is 9.31. The Hall–Kier alpha value is -2.73. The highest BCUT2D eigenvalue weighted by Crippen LogP contribution is 2.29. The first-order valence-electron chi connectivity index (χ1n) is 8.55. The van der Waals surface area contributed by atoms with Gasteiger partial charge >= 0.3 is 0 Å². The van der Waals surface area contributed by atoms with Crippen LogP contribution in [0.5, 0.6) is 0 Å². The second kappa shape index (κ2) is 10.4. The quantitative estimate of drug-likeness (QED) is 0.561. The lowest BCUT2D eigenvalue weighted by atomic mass is 10.0. The number of hydrogen-bond donors (Lipinski definition) is 3. The number of nitrogens with one attached hydrogen (secondary N) is 2. The van der Waals surface area contributed by atoms with Gasteiger partial charge < -0.3 is 20.2 Å². The van der Waals surface area contributed by atoms with Gasteiger partial charge in [0.2, 0.25) is 5.95 Å². The fourth-order valence-corrected chi connectivity index (χ4v) is 2.55. The molecule has 0 radical (unpaired) electrons. The average Bonchev–Trinajstić information content (AvgIpc) is 2.60. The van der Waals surface area contributed by atoms with E-state index in [0.29, 0.717) is 30.7 Å². The van der Waals surface area contributed by atoms with E-state index in [1.807, 2.05) is 44.3 Å². The molecule has 2 aromatic heterocycles. The Morgan fingerprint density at radius 1 is 1.30 bits per heavy atom. The maximum Gasteiger partial charge on any atom is 0.223 e. The summed E-state index contributed by atoms with van der Waals surface area (Å²) in [6.45, 7) is 5.07. The van der Waals surface area contributed by atoms with E-state index in [2.05, 4.69) is 25.7 Å². The highest BCUT2D eigenvalue weighted by molar-refractivity contribution is 7.10. The van der Waals surface area contributed by atoms with Crippen molar-refractivity contribution in [1.82, 2.24) is 14.3 Å². The number of nitriles is 1. The molecule has 0 amide bonds. The van der Waals surface area contributed by atoms with Crippen LogP contribution in [0.4, 0.5) is 5.95 Å². The number of rotatable bonds is 6. The van der Waals surface area contributed by atoms with Crippen molar-refractivity contribution in [2.24, 2.45) is 5.73 Å². The molecule has 7 nitrogen and oxygen atoms in total.